The van der Waals surface area contributed by atoms with E-state index < -0.39 is 36.2 Å². The lowest BCUT2D eigenvalue weighted by molar-refractivity contribution is -0.393. The molecule has 0 aliphatic rings. The normalized spacial score (nSPS) is 11.0. The molecule has 0 saturated carbocycles. The standard InChI is InChI=1S/C19H16N4O7S/c1-12-2-4-13(5-3-12)20-17-8-6-14(10-19(17)31(28,29)30)21-16-9-7-15(22(24)25)11-18(16)23(26)27/h2-11,20-21H,1H3,(H,28,29,30). The summed E-state index contributed by atoms with van der Waals surface area (Å²) in [4.78, 5) is 20.1. The van der Waals surface area contributed by atoms with Crippen LogP contribution in [0.3, 0.4) is 0 Å². The molecule has 3 aromatic rings. The van der Waals surface area contributed by atoms with Crippen molar-refractivity contribution in [3.63, 3.8) is 0 Å². The van der Waals surface area contributed by atoms with Gasteiger partial charge in [-0.05, 0) is 43.3 Å². The third kappa shape index (κ3) is 5.12. The summed E-state index contributed by atoms with van der Waals surface area (Å²) in [5.41, 5.74) is 0.676. The molecule has 160 valence electrons. The molecule has 0 unspecified atom stereocenters. The van der Waals surface area contributed by atoms with Crippen molar-refractivity contribution >= 4 is 44.2 Å². The van der Waals surface area contributed by atoms with Crippen molar-refractivity contribution < 1.29 is 22.8 Å². The summed E-state index contributed by atoms with van der Waals surface area (Å²) in [6.45, 7) is 1.89. The molecule has 0 aliphatic heterocycles. The van der Waals surface area contributed by atoms with Crippen molar-refractivity contribution in [2.45, 2.75) is 11.8 Å². The number of anilines is 4. The van der Waals surface area contributed by atoms with Crippen LogP contribution in [0, 0.1) is 27.2 Å². The SMILES string of the molecule is Cc1ccc(Nc2ccc(Nc3ccc([N+](=O)[O-])cc3[N+](=O)[O-])cc2S(=O)(=O)O)cc1. The first-order valence-electron chi connectivity index (χ1n) is 8.69. The summed E-state index contributed by atoms with van der Waals surface area (Å²) < 4.78 is 33.4. The average Bonchev–Trinajstić information content (AvgIpc) is 2.70. The highest BCUT2D eigenvalue weighted by atomic mass is 32.2. The van der Waals surface area contributed by atoms with Gasteiger partial charge in [0, 0.05) is 17.4 Å². The van der Waals surface area contributed by atoms with Gasteiger partial charge in [-0.2, -0.15) is 8.42 Å². The van der Waals surface area contributed by atoms with Crippen LogP contribution >= 0.6 is 0 Å². The maximum absolute atomic E-state index is 11.9. The van der Waals surface area contributed by atoms with Crippen molar-refractivity contribution in [2.24, 2.45) is 0 Å². The van der Waals surface area contributed by atoms with E-state index in [-0.39, 0.29) is 17.1 Å². The largest absolute Gasteiger partial charge is 0.354 e. The highest BCUT2D eigenvalue weighted by molar-refractivity contribution is 7.86. The fraction of sp³-hybridized carbons (Fsp3) is 0.0526. The van der Waals surface area contributed by atoms with Crippen LogP contribution < -0.4 is 10.6 Å². The second kappa shape index (κ2) is 8.38. The molecule has 0 heterocycles. The van der Waals surface area contributed by atoms with Crippen LogP contribution in [0.5, 0.6) is 0 Å². The lowest BCUT2D eigenvalue weighted by Crippen LogP contribution is -2.05. The van der Waals surface area contributed by atoms with Gasteiger partial charge in [0.2, 0.25) is 0 Å². The zero-order valence-corrected chi connectivity index (χ0v) is 16.8. The number of benzene rings is 3. The Morgan fingerprint density at radius 3 is 1.97 bits per heavy atom. The Hall–Kier alpha value is -4.03. The van der Waals surface area contributed by atoms with Gasteiger partial charge in [0.25, 0.3) is 21.5 Å². The van der Waals surface area contributed by atoms with Crippen molar-refractivity contribution in [2.75, 3.05) is 10.6 Å². The molecular formula is C19H16N4O7S. The van der Waals surface area contributed by atoms with Crippen LogP contribution in [0.1, 0.15) is 5.56 Å². The molecule has 0 bridgehead atoms. The van der Waals surface area contributed by atoms with Gasteiger partial charge in [0.1, 0.15) is 10.6 Å². The molecule has 0 saturated heterocycles. The minimum absolute atomic E-state index is 0.0869. The number of nitrogens with zero attached hydrogens (tertiary/aromatic N) is 2. The topological polar surface area (TPSA) is 165 Å². The zero-order valence-electron chi connectivity index (χ0n) is 16.0. The van der Waals surface area contributed by atoms with Crippen LogP contribution in [0.4, 0.5) is 34.1 Å². The third-order valence-corrected chi connectivity index (χ3v) is 5.15. The van der Waals surface area contributed by atoms with Crippen LogP contribution in [0.2, 0.25) is 0 Å². The van der Waals surface area contributed by atoms with Crippen LogP contribution in [-0.4, -0.2) is 22.8 Å². The molecular weight excluding hydrogens is 428 g/mol. The minimum Gasteiger partial charge on any atom is -0.354 e. The molecule has 0 aliphatic carbocycles. The van der Waals surface area contributed by atoms with Gasteiger partial charge in [-0.15, -0.1) is 0 Å². The lowest BCUT2D eigenvalue weighted by atomic mass is 10.2. The summed E-state index contributed by atoms with van der Waals surface area (Å²) in [7, 11) is -4.65. The lowest BCUT2D eigenvalue weighted by Gasteiger charge is -2.13. The van der Waals surface area contributed by atoms with Crippen molar-refractivity contribution in [1.82, 2.24) is 0 Å². The van der Waals surface area contributed by atoms with Crippen LogP contribution in [0.25, 0.3) is 0 Å². The Kier molecular flexibility index (Phi) is 5.86. The zero-order chi connectivity index (χ0) is 22.8. The molecule has 11 nitrogen and oxygen atoms in total. The number of nitro benzene ring substituents is 2. The molecule has 0 amide bonds. The van der Waals surface area contributed by atoms with E-state index in [4.69, 9.17) is 0 Å². The van der Waals surface area contributed by atoms with E-state index in [1.54, 1.807) is 12.1 Å². The number of hydrogen-bond acceptors (Lipinski definition) is 8. The van der Waals surface area contributed by atoms with E-state index in [1.807, 2.05) is 19.1 Å². The van der Waals surface area contributed by atoms with Gasteiger partial charge in [-0.1, -0.05) is 17.7 Å². The first-order valence-corrected chi connectivity index (χ1v) is 10.1. The van der Waals surface area contributed by atoms with Gasteiger partial charge in [-0.25, -0.2) is 0 Å². The molecule has 3 rings (SSSR count). The predicted molar refractivity (Wildman–Crippen MR) is 114 cm³/mol. The van der Waals surface area contributed by atoms with Crippen molar-refractivity contribution in [1.29, 1.82) is 0 Å². The number of non-ortho nitro benzene ring substituents is 1. The van der Waals surface area contributed by atoms with Crippen LogP contribution in [-0.2, 0) is 10.1 Å². The number of hydrogen-bond donors (Lipinski definition) is 3. The Labute approximate surface area is 176 Å². The quantitative estimate of drug-likeness (QED) is 0.269. The Bertz CT molecular complexity index is 1270. The maximum Gasteiger partial charge on any atom is 0.299 e. The smallest absolute Gasteiger partial charge is 0.299 e. The number of nitrogens with one attached hydrogen (secondary N) is 2. The Balaban J connectivity index is 1.99. The molecule has 31 heavy (non-hydrogen) atoms. The fourth-order valence-electron chi connectivity index (χ4n) is 2.76. The summed E-state index contributed by atoms with van der Waals surface area (Å²) in [5.74, 6) is 0. The van der Waals surface area contributed by atoms with Gasteiger partial charge in [-0.3, -0.25) is 24.8 Å². The highest BCUT2D eigenvalue weighted by Crippen LogP contribution is 2.34. The molecule has 0 spiro atoms. The summed E-state index contributed by atoms with van der Waals surface area (Å²) in [5, 5.41) is 27.7. The molecule has 3 aromatic carbocycles. The summed E-state index contributed by atoms with van der Waals surface area (Å²) in [6.07, 6.45) is 0. The van der Waals surface area contributed by atoms with E-state index in [0.29, 0.717) is 5.69 Å². The average molecular weight is 444 g/mol. The number of aryl methyl sites for hydroxylation is 1. The maximum atomic E-state index is 11.9. The highest BCUT2D eigenvalue weighted by Gasteiger charge is 2.21. The van der Waals surface area contributed by atoms with Gasteiger partial charge in [0.15, 0.2) is 0 Å². The third-order valence-electron chi connectivity index (χ3n) is 4.26. The van der Waals surface area contributed by atoms with E-state index in [1.165, 1.54) is 12.1 Å². The predicted octanol–water partition coefficient (Wildman–Crippen LogP) is 4.55. The first-order chi connectivity index (χ1) is 14.5. The van der Waals surface area contributed by atoms with E-state index in [0.717, 1.165) is 29.8 Å². The second-order valence-electron chi connectivity index (χ2n) is 6.52. The monoisotopic (exact) mass is 444 g/mol. The Morgan fingerprint density at radius 1 is 0.806 bits per heavy atom. The molecule has 0 radical (unpaired) electrons. The van der Waals surface area contributed by atoms with E-state index >= 15 is 0 Å². The van der Waals surface area contributed by atoms with Crippen molar-refractivity contribution in [3.8, 4) is 0 Å². The fourth-order valence-corrected chi connectivity index (χ4v) is 3.43. The summed E-state index contributed by atoms with van der Waals surface area (Å²) >= 11 is 0. The van der Waals surface area contributed by atoms with Gasteiger partial charge < -0.3 is 10.6 Å². The minimum atomic E-state index is -4.65. The van der Waals surface area contributed by atoms with Crippen LogP contribution in [0.15, 0.2) is 65.6 Å². The molecule has 12 heteroatoms. The van der Waals surface area contributed by atoms with Gasteiger partial charge >= 0.3 is 0 Å². The number of nitro groups is 2. The molecule has 0 atom stereocenters. The van der Waals surface area contributed by atoms with Crippen molar-refractivity contribution in [3.05, 3.63) is 86.5 Å². The Morgan fingerprint density at radius 2 is 1.39 bits per heavy atom. The first kappa shape index (κ1) is 21.7. The van der Waals surface area contributed by atoms with E-state index in [2.05, 4.69) is 10.6 Å². The second-order valence-corrected chi connectivity index (χ2v) is 7.91. The van der Waals surface area contributed by atoms with E-state index in [9.17, 15) is 33.2 Å². The molecule has 3 N–H and O–H groups in total. The van der Waals surface area contributed by atoms with Gasteiger partial charge in [0.05, 0.1) is 21.6 Å². The number of rotatable bonds is 7. The molecule has 0 aromatic heterocycles. The molecule has 0 fully saturated rings. The summed E-state index contributed by atoms with van der Waals surface area (Å²) in [6, 6.07) is 14.0.